The lowest BCUT2D eigenvalue weighted by atomic mass is 9.86. The molecule has 1 aliphatic heterocycles. The van der Waals surface area contributed by atoms with Crippen LogP contribution in [0.4, 0.5) is 0 Å². The molecule has 2 aromatic rings. The molecule has 4 rings (SSSR count). The number of fused-ring (bicyclic) bond motifs is 1. The van der Waals surface area contributed by atoms with Gasteiger partial charge in [0.25, 0.3) is 0 Å². The fourth-order valence-electron chi connectivity index (χ4n) is 5.16. The highest BCUT2D eigenvalue weighted by Gasteiger charge is 2.32. The first-order valence-corrected chi connectivity index (χ1v) is 12.1. The van der Waals surface area contributed by atoms with E-state index in [1.165, 1.54) is 6.42 Å². The first kappa shape index (κ1) is 24.8. The van der Waals surface area contributed by atoms with Crippen LogP contribution in [0.2, 0.25) is 0 Å². The molecule has 2 aromatic carbocycles. The van der Waals surface area contributed by atoms with Crippen molar-refractivity contribution in [1.29, 1.82) is 0 Å². The molecule has 0 radical (unpaired) electrons. The van der Waals surface area contributed by atoms with Crippen LogP contribution >= 0.6 is 0 Å². The third kappa shape index (κ3) is 4.90. The second kappa shape index (κ2) is 10.9. The molecule has 1 aliphatic carbocycles. The Hall–Kier alpha value is -3.35. The summed E-state index contributed by atoms with van der Waals surface area (Å²) in [6.45, 7) is 0.619. The van der Waals surface area contributed by atoms with Crippen LogP contribution in [0.3, 0.4) is 0 Å². The smallest absolute Gasteiger partial charge is 0.230 e. The predicted molar refractivity (Wildman–Crippen MR) is 136 cm³/mol. The Morgan fingerprint density at radius 3 is 1.97 bits per heavy atom. The number of carbonyl (C=O) groups is 1. The second-order valence-corrected chi connectivity index (χ2v) is 8.93. The van der Waals surface area contributed by atoms with Crippen LogP contribution in [0.1, 0.15) is 48.8 Å². The van der Waals surface area contributed by atoms with Gasteiger partial charge in [0.1, 0.15) is 0 Å². The molecule has 188 valence electrons. The number of methoxy groups -OCH3 is 5. The Labute approximate surface area is 207 Å². The van der Waals surface area contributed by atoms with E-state index in [0.29, 0.717) is 35.3 Å². The Kier molecular flexibility index (Phi) is 7.73. The number of hydrogen-bond donors (Lipinski definition) is 0. The maximum Gasteiger partial charge on any atom is 0.230 e. The topological polar surface area (TPSA) is 66.5 Å². The van der Waals surface area contributed by atoms with E-state index in [0.717, 1.165) is 54.5 Å². The molecule has 1 heterocycles. The summed E-state index contributed by atoms with van der Waals surface area (Å²) in [7, 11) is 8.04. The lowest BCUT2D eigenvalue weighted by molar-refractivity contribution is -0.133. The van der Waals surface area contributed by atoms with Crippen LogP contribution in [-0.2, 0) is 11.2 Å². The summed E-state index contributed by atoms with van der Waals surface area (Å²) < 4.78 is 27.8. The molecule has 1 fully saturated rings. The van der Waals surface area contributed by atoms with E-state index in [-0.39, 0.29) is 11.8 Å². The van der Waals surface area contributed by atoms with Gasteiger partial charge in [-0.2, -0.15) is 0 Å². The molecule has 0 saturated heterocycles. The molecule has 0 unspecified atom stereocenters. The van der Waals surface area contributed by atoms with Gasteiger partial charge in [-0.05, 0) is 60.7 Å². The molecular weight excluding hydrogens is 446 g/mol. The SMILES string of the molecule is COc1cc2c(cc1OC)C(=Cc1cc(OC)c(OC)c(OC)c1)N(C(=O)C1CCCCC1)CC2. The second-order valence-electron chi connectivity index (χ2n) is 8.93. The van der Waals surface area contributed by atoms with E-state index in [9.17, 15) is 4.79 Å². The molecule has 0 atom stereocenters. The van der Waals surface area contributed by atoms with E-state index in [1.54, 1.807) is 35.5 Å². The van der Waals surface area contributed by atoms with Crippen molar-refractivity contribution < 1.29 is 28.5 Å². The average molecular weight is 482 g/mol. The van der Waals surface area contributed by atoms with E-state index in [4.69, 9.17) is 23.7 Å². The first-order valence-electron chi connectivity index (χ1n) is 12.1. The van der Waals surface area contributed by atoms with Crippen LogP contribution < -0.4 is 23.7 Å². The standard InChI is InChI=1S/C28H35NO6/c1-31-23-16-20-11-12-29(28(30)19-9-7-6-8-10-19)22(21(20)17-24(23)32-2)13-18-14-25(33-3)27(35-5)26(15-18)34-4/h13-17,19H,6-12H2,1-5H3. The lowest BCUT2D eigenvalue weighted by Gasteiger charge is -2.35. The molecule has 1 saturated carbocycles. The van der Waals surface area contributed by atoms with Gasteiger partial charge in [0.15, 0.2) is 23.0 Å². The number of carbonyl (C=O) groups excluding carboxylic acids is 1. The Bertz CT molecular complexity index is 1080. The van der Waals surface area contributed by atoms with Gasteiger partial charge in [0, 0.05) is 18.0 Å². The highest BCUT2D eigenvalue weighted by Crippen LogP contribution is 2.42. The van der Waals surface area contributed by atoms with E-state index >= 15 is 0 Å². The van der Waals surface area contributed by atoms with Crippen molar-refractivity contribution >= 4 is 17.7 Å². The molecular formula is C28H35NO6. The van der Waals surface area contributed by atoms with Gasteiger partial charge < -0.3 is 28.6 Å². The minimum atomic E-state index is 0.0637. The van der Waals surface area contributed by atoms with Gasteiger partial charge in [-0.3, -0.25) is 4.79 Å². The van der Waals surface area contributed by atoms with Crippen molar-refractivity contribution in [3.05, 3.63) is 41.0 Å². The highest BCUT2D eigenvalue weighted by molar-refractivity contribution is 5.95. The summed E-state index contributed by atoms with van der Waals surface area (Å²) in [4.78, 5) is 15.7. The van der Waals surface area contributed by atoms with Crippen molar-refractivity contribution in [2.75, 3.05) is 42.1 Å². The number of hydrogen-bond acceptors (Lipinski definition) is 6. The number of amides is 1. The van der Waals surface area contributed by atoms with Gasteiger partial charge in [0.05, 0.1) is 41.2 Å². The normalized spacial score (nSPS) is 17.1. The van der Waals surface area contributed by atoms with Crippen molar-refractivity contribution in [3.63, 3.8) is 0 Å². The largest absolute Gasteiger partial charge is 0.493 e. The van der Waals surface area contributed by atoms with Crippen LogP contribution in [0.15, 0.2) is 24.3 Å². The Morgan fingerprint density at radius 2 is 1.40 bits per heavy atom. The number of benzene rings is 2. The summed E-state index contributed by atoms with van der Waals surface area (Å²) in [5, 5.41) is 0. The van der Waals surface area contributed by atoms with Gasteiger partial charge in [0.2, 0.25) is 11.7 Å². The fraction of sp³-hybridized carbons (Fsp3) is 0.464. The molecule has 7 nitrogen and oxygen atoms in total. The van der Waals surface area contributed by atoms with Gasteiger partial charge in [-0.1, -0.05) is 19.3 Å². The average Bonchev–Trinajstić information content (AvgIpc) is 2.91. The number of ether oxygens (including phenoxy) is 5. The minimum absolute atomic E-state index is 0.0637. The third-order valence-corrected chi connectivity index (χ3v) is 6.99. The molecule has 0 bridgehead atoms. The van der Waals surface area contributed by atoms with Crippen molar-refractivity contribution in [1.82, 2.24) is 4.90 Å². The lowest BCUT2D eigenvalue weighted by Crippen LogP contribution is -2.39. The van der Waals surface area contributed by atoms with Gasteiger partial charge in [-0.15, -0.1) is 0 Å². The van der Waals surface area contributed by atoms with E-state index in [2.05, 4.69) is 0 Å². The number of rotatable bonds is 7. The fourth-order valence-corrected chi connectivity index (χ4v) is 5.16. The van der Waals surface area contributed by atoms with Crippen molar-refractivity contribution in [3.8, 4) is 28.7 Å². The summed E-state index contributed by atoms with van der Waals surface area (Å²) in [5.41, 5.74) is 3.77. The van der Waals surface area contributed by atoms with Crippen LogP contribution in [0, 0.1) is 5.92 Å². The van der Waals surface area contributed by atoms with Crippen LogP contribution in [0.5, 0.6) is 28.7 Å². The summed E-state index contributed by atoms with van der Waals surface area (Å²) >= 11 is 0. The van der Waals surface area contributed by atoms with Gasteiger partial charge >= 0.3 is 0 Å². The zero-order valence-electron chi connectivity index (χ0n) is 21.3. The van der Waals surface area contributed by atoms with Crippen LogP contribution in [0.25, 0.3) is 11.8 Å². The summed E-state index contributed by atoms with van der Waals surface area (Å²) in [6, 6.07) is 7.78. The zero-order valence-corrected chi connectivity index (χ0v) is 21.3. The predicted octanol–water partition coefficient (Wildman–Crippen LogP) is 5.19. The Morgan fingerprint density at radius 1 is 0.800 bits per heavy atom. The Balaban J connectivity index is 1.86. The molecule has 2 aliphatic rings. The van der Waals surface area contributed by atoms with Crippen molar-refractivity contribution in [2.45, 2.75) is 38.5 Å². The molecule has 0 aromatic heterocycles. The summed E-state index contributed by atoms with van der Waals surface area (Å²) in [5.74, 6) is 3.24. The van der Waals surface area contributed by atoms with Crippen LogP contribution in [-0.4, -0.2) is 52.9 Å². The van der Waals surface area contributed by atoms with Gasteiger partial charge in [-0.25, -0.2) is 0 Å². The zero-order chi connectivity index (χ0) is 24.9. The monoisotopic (exact) mass is 481 g/mol. The maximum absolute atomic E-state index is 13.7. The molecule has 7 heteroatoms. The quantitative estimate of drug-likeness (QED) is 0.542. The molecule has 35 heavy (non-hydrogen) atoms. The maximum atomic E-state index is 13.7. The summed E-state index contributed by atoms with van der Waals surface area (Å²) in [6.07, 6.45) is 8.10. The van der Waals surface area contributed by atoms with E-state index < -0.39 is 0 Å². The number of nitrogens with zero attached hydrogens (tertiary/aromatic N) is 1. The first-order chi connectivity index (χ1) is 17.0. The van der Waals surface area contributed by atoms with E-state index in [1.807, 2.05) is 35.2 Å². The minimum Gasteiger partial charge on any atom is -0.493 e. The van der Waals surface area contributed by atoms with Crippen molar-refractivity contribution in [2.24, 2.45) is 5.92 Å². The highest BCUT2D eigenvalue weighted by atomic mass is 16.5. The molecule has 1 amide bonds. The third-order valence-electron chi connectivity index (χ3n) is 6.99. The molecule has 0 spiro atoms. The molecule has 0 N–H and O–H groups in total.